The van der Waals surface area contributed by atoms with E-state index in [1.54, 1.807) is 12.1 Å². The Morgan fingerprint density at radius 2 is 1.04 bits per heavy atom. The molecule has 2 amide bonds. The fraction of sp³-hybridized carbons (Fsp3) is 0.556. The van der Waals surface area contributed by atoms with Crippen molar-refractivity contribution in [3.63, 3.8) is 0 Å². The van der Waals surface area contributed by atoms with Gasteiger partial charge in [-0.1, -0.05) is 27.7 Å². The average Bonchev–Trinajstić information content (AvgIpc) is 2.48. The Hall–Kier alpha value is -0.880. The van der Waals surface area contributed by atoms with Crippen molar-refractivity contribution < 1.29 is 9.59 Å². The van der Waals surface area contributed by atoms with Crippen molar-refractivity contribution in [2.45, 2.75) is 53.6 Å². The highest BCUT2D eigenvalue weighted by Gasteiger charge is 2.20. The van der Waals surface area contributed by atoms with Gasteiger partial charge in [-0.2, -0.15) is 0 Å². The topological polar surface area (TPSA) is 58.2 Å². The van der Waals surface area contributed by atoms with Gasteiger partial charge in [0.05, 0.1) is 11.1 Å². The molecule has 0 spiro atoms. The fourth-order valence-electron chi connectivity index (χ4n) is 1.80. The van der Waals surface area contributed by atoms with E-state index in [1.165, 1.54) is 0 Å². The number of amides is 2. The molecule has 134 valence electrons. The third kappa shape index (κ3) is 5.59. The van der Waals surface area contributed by atoms with Crippen molar-refractivity contribution in [2.24, 2.45) is 11.8 Å². The molecular formula is C18H26Br2N2O2. The highest BCUT2D eigenvalue weighted by Crippen LogP contribution is 2.26. The summed E-state index contributed by atoms with van der Waals surface area (Å²) in [7, 11) is 0. The normalized spacial score (nSPS) is 13.8. The first-order valence-corrected chi connectivity index (χ1v) is 9.74. The minimum absolute atomic E-state index is 0.0676. The molecule has 1 rings (SSSR count). The molecule has 1 aromatic carbocycles. The van der Waals surface area contributed by atoms with Crippen molar-refractivity contribution in [3.05, 3.63) is 32.2 Å². The summed E-state index contributed by atoms with van der Waals surface area (Å²) in [4.78, 5) is 24.8. The summed E-state index contributed by atoms with van der Waals surface area (Å²) < 4.78 is 1.20. The van der Waals surface area contributed by atoms with Gasteiger partial charge >= 0.3 is 0 Å². The maximum absolute atomic E-state index is 12.4. The van der Waals surface area contributed by atoms with Crippen LogP contribution in [0.5, 0.6) is 0 Å². The molecule has 24 heavy (non-hydrogen) atoms. The van der Waals surface area contributed by atoms with Crippen molar-refractivity contribution >= 4 is 43.7 Å². The monoisotopic (exact) mass is 460 g/mol. The number of carbonyl (C=O) groups excluding carboxylic acids is 2. The van der Waals surface area contributed by atoms with E-state index in [0.717, 1.165) is 0 Å². The predicted octanol–water partition coefficient (Wildman–Crippen LogP) is 4.76. The minimum Gasteiger partial charge on any atom is -0.349 e. The largest absolute Gasteiger partial charge is 0.349 e. The molecule has 0 radical (unpaired) electrons. The van der Waals surface area contributed by atoms with Crippen LogP contribution in [0, 0.1) is 11.8 Å². The van der Waals surface area contributed by atoms with Crippen molar-refractivity contribution in [3.8, 4) is 0 Å². The zero-order valence-electron chi connectivity index (χ0n) is 15.0. The summed E-state index contributed by atoms with van der Waals surface area (Å²) in [5.41, 5.74) is 1.01. The van der Waals surface area contributed by atoms with Gasteiger partial charge < -0.3 is 10.6 Å². The van der Waals surface area contributed by atoms with E-state index >= 15 is 0 Å². The summed E-state index contributed by atoms with van der Waals surface area (Å²) in [5.74, 6) is 0.370. The molecule has 0 bridgehead atoms. The Labute approximate surface area is 161 Å². The lowest BCUT2D eigenvalue weighted by molar-refractivity contribution is 0.0917. The van der Waals surface area contributed by atoms with Crippen LogP contribution in [-0.4, -0.2) is 23.9 Å². The highest BCUT2D eigenvalue weighted by atomic mass is 79.9. The van der Waals surface area contributed by atoms with Gasteiger partial charge in [-0.25, -0.2) is 0 Å². The molecule has 0 aromatic heterocycles. The summed E-state index contributed by atoms with van der Waals surface area (Å²) in [6.45, 7) is 12.2. The maximum Gasteiger partial charge on any atom is 0.252 e. The van der Waals surface area contributed by atoms with Crippen LogP contribution in [0.1, 0.15) is 62.3 Å². The van der Waals surface area contributed by atoms with Crippen LogP contribution in [0.15, 0.2) is 21.1 Å². The summed E-state index contributed by atoms with van der Waals surface area (Å²) in [6.07, 6.45) is 0. The van der Waals surface area contributed by atoms with Gasteiger partial charge in [-0.05, 0) is 69.7 Å². The van der Waals surface area contributed by atoms with Crippen molar-refractivity contribution in [1.29, 1.82) is 0 Å². The predicted molar refractivity (Wildman–Crippen MR) is 105 cm³/mol. The second-order valence-corrected chi connectivity index (χ2v) is 8.53. The van der Waals surface area contributed by atoms with Gasteiger partial charge in [0.1, 0.15) is 0 Å². The van der Waals surface area contributed by atoms with Crippen LogP contribution >= 0.6 is 31.9 Å². The number of nitrogens with one attached hydrogen (secondary N) is 2. The molecule has 0 saturated heterocycles. The van der Waals surface area contributed by atoms with Gasteiger partial charge in [0.2, 0.25) is 0 Å². The van der Waals surface area contributed by atoms with Crippen molar-refractivity contribution in [2.75, 3.05) is 0 Å². The van der Waals surface area contributed by atoms with Crippen LogP contribution in [0.4, 0.5) is 0 Å². The number of halogens is 2. The molecule has 1 aromatic rings. The van der Waals surface area contributed by atoms with Crippen LogP contribution < -0.4 is 10.6 Å². The number of hydrogen-bond donors (Lipinski definition) is 2. The van der Waals surface area contributed by atoms with Gasteiger partial charge in [0, 0.05) is 21.0 Å². The Morgan fingerprint density at radius 1 is 0.750 bits per heavy atom. The fourth-order valence-corrected chi connectivity index (χ4v) is 2.84. The number of hydrogen-bond acceptors (Lipinski definition) is 2. The second-order valence-electron chi connectivity index (χ2n) is 6.82. The molecule has 4 nitrogen and oxygen atoms in total. The number of benzene rings is 1. The summed E-state index contributed by atoms with van der Waals surface area (Å²) >= 11 is 6.82. The lowest BCUT2D eigenvalue weighted by atomic mass is 10.0. The van der Waals surface area contributed by atoms with Gasteiger partial charge in [0.15, 0.2) is 0 Å². The Kier molecular flexibility index (Phi) is 7.93. The third-order valence-electron chi connectivity index (χ3n) is 4.26. The summed E-state index contributed by atoms with van der Waals surface area (Å²) in [6, 6.07) is 3.50. The molecule has 0 fully saturated rings. The molecule has 0 aliphatic carbocycles. The zero-order valence-corrected chi connectivity index (χ0v) is 18.2. The van der Waals surface area contributed by atoms with E-state index in [2.05, 4.69) is 70.2 Å². The van der Waals surface area contributed by atoms with Crippen LogP contribution in [0.25, 0.3) is 0 Å². The first-order chi connectivity index (χ1) is 11.0. The quantitative estimate of drug-likeness (QED) is 0.641. The maximum atomic E-state index is 12.4. The zero-order chi connectivity index (χ0) is 18.6. The number of rotatable bonds is 6. The smallest absolute Gasteiger partial charge is 0.252 e. The molecule has 0 saturated carbocycles. The highest BCUT2D eigenvalue weighted by molar-refractivity contribution is 9.11. The minimum atomic E-state index is -0.161. The van der Waals surface area contributed by atoms with Crippen LogP contribution in [0.2, 0.25) is 0 Å². The van der Waals surface area contributed by atoms with E-state index in [1.807, 2.05) is 13.8 Å². The van der Waals surface area contributed by atoms with E-state index in [-0.39, 0.29) is 23.9 Å². The van der Waals surface area contributed by atoms with Crippen LogP contribution in [-0.2, 0) is 0 Å². The summed E-state index contributed by atoms with van der Waals surface area (Å²) in [5, 5.41) is 5.94. The first-order valence-electron chi connectivity index (χ1n) is 8.15. The SMILES string of the molecule is CC(C)[C@@H](C)NC(=O)c1cc(Br)c(C(=O)N[C@H](C)C(C)C)cc1Br. The van der Waals surface area contributed by atoms with E-state index in [0.29, 0.717) is 31.9 Å². The number of carbonyl (C=O) groups is 2. The lowest BCUT2D eigenvalue weighted by Crippen LogP contribution is -2.37. The molecule has 0 heterocycles. The third-order valence-corrected chi connectivity index (χ3v) is 5.58. The van der Waals surface area contributed by atoms with Crippen molar-refractivity contribution in [1.82, 2.24) is 10.6 Å². The van der Waals surface area contributed by atoms with Gasteiger partial charge in [0.25, 0.3) is 11.8 Å². The van der Waals surface area contributed by atoms with E-state index < -0.39 is 0 Å². The Bertz CT molecular complexity index is 562. The van der Waals surface area contributed by atoms with Gasteiger partial charge in [-0.3, -0.25) is 9.59 Å². The first kappa shape index (κ1) is 21.2. The van der Waals surface area contributed by atoms with E-state index in [9.17, 15) is 9.59 Å². The van der Waals surface area contributed by atoms with E-state index in [4.69, 9.17) is 0 Å². The average molecular weight is 462 g/mol. The van der Waals surface area contributed by atoms with Gasteiger partial charge in [-0.15, -0.1) is 0 Å². The molecule has 6 heteroatoms. The molecule has 0 aliphatic rings. The lowest BCUT2D eigenvalue weighted by Gasteiger charge is -2.20. The molecule has 0 aliphatic heterocycles. The Balaban J connectivity index is 3.01. The standard InChI is InChI=1S/C18H26Br2N2O2/c1-9(2)11(5)21-17(23)13-7-16(20)14(8-15(13)19)18(24)22-12(6)10(3)4/h7-12H,1-6H3,(H,21,23)(H,22,24)/t11-,12-/m1/s1. The molecule has 2 atom stereocenters. The second kappa shape index (κ2) is 8.99. The van der Waals surface area contributed by atoms with Crippen LogP contribution in [0.3, 0.4) is 0 Å². The molecule has 2 N–H and O–H groups in total. The molecule has 0 unspecified atom stereocenters. The molecular weight excluding hydrogens is 436 g/mol. The Morgan fingerprint density at radius 3 is 1.29 bits per heavy atom.